The molecular formula is C16H15BrN4OS. The van der Waals surface area contributed by atoms with Crippen LogP contribution in [0.5, 0.6) is 0 Å². The Hall–Kier alpha value is -1.99. The van der Waals surface area contributed by atoms with Gasteiger partial charge in [0, 0.05) is 7.05 Å². The van der Waals surface area contributed by atoms with Crippen molar-refractivity contribution in [3.05, 3.63) is 63.3 Å². The number of rotatable bonds is 4. The van der Waals surface area contributed by atoms with E-state index < -0.39 is 0 Å². The molecule has 5 nitrogen and oxygen atoms in total. The first-order chi connectivity index (χ1) is 11.1. The Morgan fingerprint density at radius 3 is 2.57 bits per heavy atom. The molecule has 7 heteroatoms. The van der Waals surface area contributed by atoms with Crippen LogP contribution in [0.3, 0.4) is 0 Å². The van der Waals surface area contributed by atoms with Crippen molar-refractivity contribution in [1.29, 1.82) is 0 Å². The van der Waals surface area contributed by atoms with E-state index in [-0.39, 0.29) is 11.9 Å². The normalized spacial score (nSPS) is 12.1. The molecule has 2 aromatic heterocycles. The Morgan fingerprint density at radius 2 is 2.00 bits per heavy atom. The Bertz CT molecular complexity index is 798. The SMILES string of the molecule is CC(c1ccc(-n2cncn2)cc1)N(C)C(=O)c1ccc(Br)s1. The predicted octanol–water partition coefficient (Wildman–Crippen LogP) is 3.92. The molecule has 0 fully saturated rings. The molecule has 0 radical (unpaired) electrons. The lowest BCUT2D eigenvalue weighted by molar-refractivity contribution is 0.0747. The highest BCUT2D eigenvalue weighted by Crippen LogP contribution is 2.27. The van der Waals surface area contributed by atoms with E-state index in [1.807, 2.05) is 50.4 Å². The van der Waals surface area contributed by atoms with Gasteiger partial charge in [0.25, 0.3) is 5.91 Å². The fraction of sp³-hybridized carbons (Fsp3) is 0.188. The Labute approximate surface area is 146 Å². The van der Waals surface area contributed by atoms with Gasteiger partial charge < -0.3 is 4.90 Å². The van der Waals surface area contributed by atoms with E-state index in [0.717, 1.165) is 19.9 Å². The number of hydrogen-bond donors (Lipinski definition) is 0. The molecule has 0 saturated heterocycles. The van der Waals surface area contributed by atoms with Gasteiger partial charge in [-0.1, -0.05) is 12.1 Å². The maximum Gasteiger partial charge on any atom is 0.264 e. The zero-order chi connectivity index (χ0) is 16.4. The fourth-order valence-corrected chi connectivity index (χ4v) is 3.62. The van der Waals surface area contributed by atoms with Gasteiger partial charge in [0.05, 0.1) is 20.4 Å². The first-order valence-electron chi connectivity index (χ1n) is 7.03. The van der Waals surface area contributed by atoms with Gasteiger partial charge in [0.1, 0.15) is 12.7 Å². The highest BCUT2D eigenvalue weighted by Gasteiger charge is 2.20. The average molecular weight is 391 g/mol. The van der Waals surface area contributed by atoms with E-state index in [0.29, 0.717) is 0 Å². The van der Waals surface area contributed by atoms with Crippen LogP contribution in [0, 0.1) is 0 Å². The van der Waals surface area contributed by atoms with E-state index >= 15 is 0 Å². The first kappa shape index (κ1) is 15.9. The van der Waals surface area contributed by atoms with Crippen LogP contribution in [0.25, 0.3) is 5.69 Å². The summed E-state index contributed by atoms with van der Waals surface area (Å²) in [6.45, 7) is 2.02. The van der Waals surface area contributed by atoms with Gasteiger partial charge in [-0.3, -0.25) is 4.79 Å². The molecule has 0 spiro atoms. The van der Waals surface area contributed by atoms with Crippen molar-refractivity contribution < 1.29 is 4.79 Å². The number of nitrogens with zero attached hydrogens (tertiary/aromatic N) is 4. The van der Waals surface area contributed by atoms with Crippen molar-refractivity contribution in [1.82, 2.24) is 19.7 Å². The monoisotopic (exact) mass is 390 g/mol. The quantitative estimate of drug-likeness (QED) is 0.677. The lowest BCUT2D eigenvalue weighted by Gasteiger charge is -2.25. The number of halogens is 1. The Balaban J connectivity index is 1.77. The number of benzene rings is 1. The van der Waals surface area contributed by atoms with Crippen LogP contribution in [0.15, 0.2) is 52.8 Å². The number of thiophene rings is 1. The highest BCUT2D eigenvalue weighted by molar-refractivity contribution is 9.11. The highest BCUT2D eigenvalue weighted by atomic mass is 79.9. The smallest absolute Gasteiger partial charge is 0.264 e. The molecule has 0 aliphatic carbocycles. The lowest BCUT2D eigenvalue weighted by Crippen LogP contribution is -2.29. The molecule has 1 amide bonds. The van der Waals surface area contributed by atoms with Gasteiger partial charge in [0.15, 0.2) is 0 Å². The van der Waals surface area contributed by atoms with Crippen LogP contribution in [0.2, 0.25) is 0 Å². The van der Waals surface area contributed by atoms with Gasteiger partial charge >= 0.3 is 0 Å². The zero-order valence-electron chi connectivity index (χ0n) is 12.7. The largest absolute Gasteiger partial charge is 0.334 e. The van der Waals surface area contributed by atoms with Crippen molar-refractivity contribution in [3.63, 3.8) is 0 Å². The molecule has 2 heterocycles. The van der Waals surface area contributed by atoms with Gasteiger partial charge in [-0.15, -0.1) is 11.3 Å². The summed E-state index contributed by atoms with van der Waals surface area (Å²) in [5, 5.41) is 4.10. The predicted molar refractivity (Wildman–Crippen MR) is 93.9 cm³/mol. The lowest BCUT2D eigenvalue weighted by atomic mass is 10.1. The number of amides is 1. The molecule has 1 aromatic carbocycles. The summed E-state index contributed by atoms with van der Waals surface area (Å²) in [6, 6.07) is 11.7. The summed E-state index contributed by atoms with van der Waals surface area (Å²) in [6.07, 6.45) is 3.16. The Morgan fingerprint density at radius 1 is 1.26 bits per heavy atom. The van der Waals surface area contributed by atoms with Crippen LogP contribution in [0.1, 0.15) is 28.2 Å². The van der Waals surface area contributed by atoms with E-state index in [4.69, 9.17) is 0 Å². The van der Waals surface area contributed by atoms with Gasteiger partial charge in [-0.25, -0.2) is 9.67 Å². The third kappa shape index (κ3) is 3.35. The standard InChI is InChI=1S/C16H15BrN4OS/c1-11(20(2)16(22)14-7-8-15(17)23-14)12-3-5-13(6-4-12)21-10-18-9-19-21/h3-11H,1-2H3. The third-order valence-electron chi connectivity index (χ3n) is 3.74. The van der Waals surface area contributed by atoms with Crippen molar-refractivity contribution in [3.8, 4) is 5.69 Å². The first-order valence-corrected chi connectivity index (χ1v) is 8.64. The van der Waals surface area contributed by atoms with Crippen LogP contribution >= 0.6 is 27.3 Å². The summed E-state index contributed by atoms with van der Waals surface area (Å²) in [5.74, 6) is 0.0218. The second kappa shape index (κ2) is 6.64. The average Bonchev–Trinajstić information content (AvgIpc) is 3.24. The molecule has 0 aliphatic heterocycles. The minimum absolute atomic E-state index is 0.0202. The maximum absolute atomic E-state index is 12.5. The maximum atomic E-state index is 12.5. The van der Waals surface area contributed by atoms with Crippen molar-refractivity contribution in [2.24, 2.45) is 0 Å². The molecule has 0 saturated carbocycles. The number of hydrogen-bond acceptors (Lipinski definition) is 4. The zero-order valence-corrected chi connectivity index (χ0v) is 15.1. The number of carbonyl (C=O) groups excluding carboxylic acids is 1. The fourth-order valence-electron chi connectivity index (χ4n) is 2.25. The second-order valence-corrected chi connectivity index (χ2v) is 7.59. The molecule has 1 unspecified atom stereocenters. The summed E-state index contributed by atoms with van der Waals surface area (Å²) in [7, 11) is 1.83. The molecule has 0 bridgehead atoms. The summed E-state index contributed by atoms with van der Waals surface area (Å²) < 4.78 is 2.66. The van der Waals surface area contributed by atoms with E-state index in [2.05, 4.69) is 26.0 Å². The van der Waals surface area contributed by atoms with Crippen molar-refractivity contribution in [2.75, 3.05) is 7.05 Å². The van der Waals surface area contributed by atoms with Gasteiger partial charge in [-0.2, -0.15) is 5.10 Å². The van der Waals surface area contributed by atoms with Gasteiger partial charge in [0.2, 0.25) is 0 Å². The van der Waals surface area contributed by atoms with E-state index in [1.165, 1.54) is 17.7 Å². The second-order valence-electron chi connectivity index (χ2n) is 5.13. The van der Waals surface area contributed by atoms with Crippen LogP contribution < -0.4 is 0 Å². The van der Waals surface area contributed by atoms with E-state index in [1.54, 1.807) is 15.9 Å². The number of carbonyl (C=O) groups is 1. The minimum atomic E-state index is -0.0202. The molecular weight excluding hydrogens is 376 g/mol. The molecule has 0 aliphatic rings. The molecule has 3 rings (SSSR count). The van der Waals surface area contributed by atoms with Gasteiger partial charge in [-0.05, 0) is 52.7 Å². The van der Waals surface area contributed by atoms with E-state index in [9.17, 15) is 4.79 Å². The molecule has 118 valence electrons. The molecule has 3 aromatic rings. The third-order valence-corrected chi connectivity index (χ3v) is 5.36. The van der Waals surface area contributed by atoms with Crippen LogP contribution in [-0.2, 0) is 0 Å². The van der Waals surface area contributed by atoms with Crippen molar-refractivity contribution in [2.45, 2.75) is 13.0 Å². The molecule has 23 heavy (non-hydrogen) atoms. The van der Waals surface area contributed by atoms with Crippen LogP contribution in [-0.4, -0.2) is 32.6 Å². The summed E-state index contributed by atoms with van der Waals surface area (Å²) >= 11 is 4.84. The molecule has 1 atom stereocenters. The number of aromatic nitrogens is 3. The summed E-state index contributed by atoms with van der Waals surface area (Å²) in [4.78, 5) is 18.9. The van der Waals surface area contributed by atoms with Crippen LogP contribution in [0.4, 0.5) is 0 Å². The Kier molecular flexibility index (Phi) is 4.58. The van der Waals surface area contributed by atoms with Crippen molar-refractivity contribution >= 4 is 33.2 Å². The topological polar surface area (TPSA) is 51.0 Å². The minimum Gasteiger partial charge on any atom is -0.334 e. The summed E-state index contributed by atoms with van der Waals surface area (Å²) in [5.41, 5.74) is 2.01. The molecule has 0 N–H and O–H groups in total.